The zero-order valence-electron chi connectivity index (χ0n) is 14.3. The Balaban J connectivity index is 1.63. The van der Waals surface area contributed by atoms with Gasteiger partial charge in [-0.1, -0.05) is 6.07 Å². The number of hydrogen-bond acceptors (Lipinski definition) is 4. The summed E-state index contributed by atoms with van der Waals surface area (Å²) in [5, 5.41) is 0.974. The van der Waals surface area contributed by atoms with Gasteiger partial charge in [0.15, 0.2) is 0 Å². The minimum Gasteiger partial charge on any atom is -0.378 e. The number of amides is 1. The monoisotopic (exact) mass is 336 g/mol. The van der Waals surface area contributed by atoms with E-state index in [0.29, 0.717) is 18.7 Å². The van der Waals surface area contributed by atoms with Gasteiger partial charge in [-0.3, -0.25) is 9.78 Å². The molecule has 25 heavy (non-hydrogen) atoms. The highest BCUT2D eigenvalue weighted by Crippen LogP contribution is 2.27. The van der Waals surface area contributed by atoms with Gasteiger partial charge in [-0.25, -0.2) is 4.98 Å². The molecule has 0 fully saturated rings. The van der Waals surface area contributed by atoms with Crippen LogP contribution in [0.3, 0.4) is 0 Å². The molecule has 0 N–H and O–H groups in total. The molecule has 0 unspecified atom stereocenters. The van der Waals surface area contributed by atoms with E-state index in [0.717, 1.165) is 29.0 Å². The molecular formula is C19H20N4O2. The van der Waals surface area contributed by atoms with Crippen molar-refractivity contribution < 1.29 is 9.53 Å². The molecule has 1 aliphatic heterocycles. The summed E-state index contributed by atoms with van der Waals surface area (Å²) < 4.78 is 7.38. The average Bonchev–Trinajstić information content (AvgIpc) is 3.05. The lowest BCUT2D eigenvalue weighted by molar-refractivity contribution is 0.0632. The van der Waals surface area contributed by atoms with Crippen molar-refractivity contribution in [2.24, 2.45) is 0 Å². The molecule has 3 aromatic rings. The number of pyridine rings is 1. The summed E-state index contributed by atoms with van der Waals surface area (Å²) in [6.07, 6.45) is 3.60. The third-order valence-electron chi connectivity index (χ3n) is 4.78. The molecule has 0 saturated heterocycles. The standard InChI is InChI=1S/C19H20N4O2/c1-13-18-21-11-16(12-25-2)23(18)9-8-22(13)19(24)15-5-6-17-14(10-15)4-3-7-20-17/h3-7,10-11,13H,8-9,12H2,1-2H3/t13-/m1/s1. The number of carbonyl (C=O) groups is 1. The number of ether oxygens (including phenoxy) is 1. The van der Waals surface area contributed by atoms with E-state index >= 15 is 0 Å². The summed E-state index contributed by atoms with van der Waals surface area (Å²) in [5.74, 6) is 0.940. The highest BCUT2D eigenvalue weighted by Gasteiger charge is 2.30. The van der Waals surface area contributed by atoms with Gasteiger partial charge in [0.1, 0.15) is 5.82 Å². The average molecular weight is 336 g/mol. The Morgan fingerprint density at radius 3 is 3.00 bits per heavy atom. The molecule has 1 aliphatic rings. The van der Waals surface area contributed by atoms with E-state index < -0.39 is 0 Å². The van der Waals surface area contributed by atoms with Gasteiger partial charge in [0.05, 0.1) is 30.1 Å². The van der Waals surface area contributed by atoms with Crippen LogP contribution in [0.5, 0.6) is 0 Å². The first-order valence-electron chi connectivity index (χ1n) is 8.38. The minimum absolute atomic E-state index is 0.0285. The zero-order valence-corrected chi connectivity index (χ0v) is 14.3. The Morgan fingerprint density at radius 1 is 1.28 bits per heavy atom. The first kappa shape index (κ1) is 15.8. The van der Waals surface area contributed by atoms with E-state index in [-0.39, 0.29) is 11.9 Å². The van der Waals surface area contributed by atoms with E-state index in [1.165, 1.54) is 0 Å². The van der Waals surface area contributed by atoms with Gasteiger partial charge in [0, 0.05) is 37.3 Å². The number of fused-ring (bicyclic) bond motifs is 2. The van der Waals surface area contributed by atoms with Crippen LogP contribution in [0, 0.1) is 0 Å². The van der Waals surface area contributed by atoms with Gasteiger partial charge < -0.3 is 14.2 Å². The van der Waals surface area contributed by atoms with Gasteiger partial charge >= 0.3 is 0 Å². The predicted molar refractivity (Wildman–Crippen MR) is 94.1 cm³/mol. The third-order valence-corrected chi connectivity index (χ3v) is 4.78. The maximum Gasteiger partial charge on any atom is 0.254 e. The second-order valence-electron chi connectivity index (χ2n) is 6.28. The van der Waals surface area contributed by atoms with Crippen LogP contribution < -0.4 is 0 Å². The Kier molecular flexibility index (Phi) is 3.97. The van der Waals surface area contributed by atoms with E-state index in [2.05, 4.69) is 14.5 Å². The Bertz CT molecular complexity index is 934. The molecule has 0 spiro atoms. The second-order valence-corrected chi connectivity index (χ2v) is 6.28. The van der Waals surface area contributed by atoms with E-state index in [4.69, 9.17) is 4.74 Å². The molecule has 1 amide bonds. The van der Waals surface area contributed by atoms with Crippen molar-refractivity contribution in [3.63, 3.8) is 0 Å². The van der Waals surface area contributed by atoms with Crippen LogP contribution in [0.1, 0.15) is 34.8 Å². The van der Waals surface area contributed by atoms with Crippen LogP contribution in [0.4, 0.5) is 0 Å². The predicted octanol–water partition coefficient (Wildman–Crippen LogP) is 2.79. The molecule has 6 nitrogen and oxygen atoms in total. The molecule has 0 bridgehead atoms. The van der Waals surface area contributed by atoms with Crippen molar-refractivity contribution in [2.75, 3.05) is 13.7 Å². The number of aromatic nitrogens is 3. The van der Waals surface area contributed by atoms with Crippen LogP contribution in [0.25, 0.3) is 10.9 Å². The number of rotatable bonds is 3. The van der Waals surface area contributed by atoms with Crippen LogP contribution in [0.15, 0.2) is 42.7 Å². The van der Waals surface area contributed by atoms with E-state index in [1.54, 1.807) is 13.3 Å². The van der Waals surface area contributed by atoms with Gasteiger partial charge in [0.25, 0.3) is 5.91 Å². The summed E-state index contributed by atoms with van der Waals surface area (Å²) in [4.78, 5) is 23.7. The lowest BCUT2D eigenvalue weighted by Gasteiger charge is -2.34. The van der Waals surface area contributed by atoms with Gasteiger partial charge in [-0.05, 0) is 31.2 Å². The van der Waals surface area contributed by atoms with E-state index in [1.807, 2.05) is 48.4 Å². The first-order valence-corrected chi connectivity index (χ1v) is 8.38. The van der Waals surface area contributed by atoms with E-state index in [9.17, 15) is 4.79 Å². The largest absolute Gasteiger partial charge is 0.378 e. The van der Waals surface area contributed by atoms with Crippen molar-refractivity contribution in [3.8, 4) is 0 Å². The molecule has 0 saturated carbocycles. The Morgan fingerprint density at radius 2 is 2.16 bits per heavy atom. The van der Waals surface area contributed by atoms with Crippen LogP contribution in [-0.2, 0) is 17.9 Å². The second kappa shape index (κ2) is 6.29. The summed E-state index contributed by atoms with van der Waals surface area (Å²) >= 11 is 0. The number of hydrogen-bond donors (Lipinski definition) is 0. The third kappa shape index (κ3) is 2.68. The normalized spacial score (nSPS) is 16.9. The summed E-state index contributed by atoms with van der Waals surface area (Å²) in [6, 6.07) is 9.44. The smallest absolute Gasteiger partial charge is 0.254 e. The maximum absolute atomic E-state index is 13.0. The van der Waals surface area contributed by atoms with Gasteiger partial charge in [0.2, 0.25) is 0 Å². The molecule has 0 aliphatic carbocycles. The highest BCUT2D eigenvalue weighted by molar-refractivity contribution is 5.98. The van der Waals surface area contributed by atoms with Crippen molar-refractivity contribution >= 4 is 16.8 Å². The van der Waals surface area contributed by atoms with Gasteiger partial charge in [-0.15, -0.1) is 0 Å². The molecule has 128 valence electrons. The topological polar surface area (TPSA) is 60.2 Å². The van der Waals surface area contributed by atoms with Crippen molar-refractivity contribution in [1.82, 2.24) is 19.4 Å². The number of methoxy groups -OCH3 is 1. The minimum atomic E-state index is -0.0727. The van der Waals surface area contributed by atoms with Crippen molar-refractivity contribution in [1.29, 1.82) is 0 Å². The fourth-order valence-electron chi connectivity index (χ4n) is 3.47. The van der Waals surface area contributed by atoms with Gasteiger partial charge in [-0.2, -0.15) is 0 Å². The summed E-state index contributed by atoms with van der Waals surface area (Å²) in [5.41, 5.74) is 2.63. The molecule has 4 rings (SSSR count). The fourth-order valence-corrected chi connectivity index (χ4v) is 3.47. The van der Waals surface area contributed by atoms with Crippen molar-refractivity contribution in [3.05, 3.63) is 59.8 Å². The quantitative estimate of drug-likeness (QED) is 0.738. The molecule has 1 aromatic carbocycles. The summed E-state index contributed by atoms with van der Waals surface area (Å²) in [7, 11) is 1.68. The number of benzene rings is 1. The maximum atomic E-state index is 13.0. The number of nitrogens with zero attached hydrogens (tertiary/aromatic N) is 4. The van der Waals surface area contributed by atoms with Crippen LogP contribution in [0.2, 0.25) is 0 Å². The molecule has 3 heterocycles. The summed E-state index contributed by atoms with van der Waals surface area (Å²) in [6.45, 7) is 3.95. The molecule has 1 atom stereocenters. The van der Waals surface area contributed by atoms with Crippen LogP contribution >= 0.6 is 0 Å². The lowest BCUT2D eigenvalue weighted by Crippen LogP contribution is -2.41. The zero-order chi connectivity index (χ0) is 17.4. The SMILES string of the molecule is COCc1cnc2n1CCN(C(=O)c1ccc3ncccc3c1)[C@@H]2C. The fraction of sp³-hybridized carbons (Fsp3) is 0.316. The molecule has 2 aromatic heterocycles. The lowest BCUT2D eigenvalue weighted by atomic mass is 10.1. The molecule has 0 radical (unpaired) electrons. The number of carbonyl (C=O) groups excluding carboxylic acids is 1. The number of imidazole rings is 1. The Hall–Kier alpha value is -2.73. The van der Waals surface area contributed by atoms with Crippen LogP contribution in [-0.4, -0.2) is 39.0 Å². The van der Waals surface area contributed by atoms with Crippen molar-refractivity contribution in [2.45, 2.75) is 26.1 Å². The Labute approximate surface area is 146 Å². The first-order chi connectivity index (χ1) is 12.2. The highest BCUT2D eigenvalue weighted by atomic mass is 16.5. The molecular weight excluding hydrogens is 316 g/mol. The molecule has 6 heteroatoms.